The summed E-state index contributed by atoms with van der Waals surface area (Å²) in [5, 5.41) is 3.91. The summed E-state index contributed by atoms with van der Waals surface area (Å²) in [6.45, 7) is 0.633. The summed E-state index contributed by atoms with van der Waals surface area (Å²) >= 11 is 3.31. The van der Waals surface area contributed by atoms with Crippen LogP contribution in [-0.2, 0) is 0 Å². The van der Waals surface area contributed by atoms with E-state index in [2.05, 4.69) is 21.2 Å². The van der Waals surface area contributed by atoms with Crippen molar-refractivity contribution >= 4 is 21.8 Å². The van der Waals surface area contributed by atoms with Crippen LogP contribution in [0.3, 0.4) is 0 Å². The number of carbonyl (C=O) groups is 1. The SMILES string of the molecule is O=C(NC1CCCCC1)c1ccc(OCCBr)cc1. The van der Waals surface area contributed by atoms with Crippen LogP contribution in [0.2, 0.25) is 0 Å². The average Bonchev–Trinajstić information content (AvgIpc) is 2.46. The molecule has 0 atom stereocenters. The van der Waals surface area contributed by atoms with E-state index >= 15 is 0 Å². The monoisotopic (exact) mass is 325 g/mol. The van der Waals surface area contributed by atoms with Crippen molar-refractivity contribution in [1.82, 2.24) is 5.32 Å². The minimum absolute atomic E-state index is 0.0268. The molecule has 1 aliphatic rings. The molecule has 0 aliphatic heterocycles. The predicted molar refractivity (Wildman–Crippen MR) is 80.1 cm³/mol. The molecule has 1 N–H and O–H groups in total. The van der Waals surface area contributed by atoms with Crippen molar-refractivity contribution in [3.63, 3.8) is 0 Å². The maximum atomic E-state index is 12.1. The lowest BCUT2D eigenvalue weighted by Crippen LogP contribution is -2.36. The number of hydrogen-bond acceptors (Lipinski definition) is 2. The van der Waals surface area contributed by atoms with Gasteiger partial charge in [-0.2, -0.15) is 0 Å². The lowest BCUT2D eigenvalue weighted by Gasteiger charge is -2.22. The Hall–Kier alpha value is -1.03. The molecule has 1 aromatic rings. The van der Waals surface area contributed by atoms with Gasteiger partial charge in [0.1, 0.15) is 5.75 Å². The van der Waals surface area contributed by atoms with Crippen molar-refractivity contribution < 1.29 is 9.53 Å². The number of amides is 1. The Labute approximate surface area is 122 Å². The molecule has 0 spiro atoms. The van der Waals surface area contributed by atoms with E-state index in [9.17, 15) is 4.79 Å². The Morgan fingerprint density at radius 3 is 2.53 bits per heavy atom. The zero-order chi connectivity index (χ0) is 13.5. The lowest BCUT2D eigenvalue weighted by molar-refractivity contribution is 0.0927. The molecular weight excluding hydrogens is 306 g/mol. The van der Waals surface area contributed by atoms with Crippen LogP contribution >= 0.6 is 15.9 Å². The van der Waals surface area contributed by atoms with Gasteiger partial charge < -0.3 is 10.1 Å². The third-order valence-electron chi connectivity index (χ3n) is 3.40. The van der Waals surface area contributed by atoms with Gasteiger partial charge in [0.15, 0.2) is 0 Å². The van der Waals surface area contributed by atoms with E-state index in [0.29, 0.717) is 18.2 Å². The third kappa shape index (κ3) is 4.53. The van der Waals surface area contributed by atoms with Gasteiger partial charge in [-0.25, -0.2) is 0 Å². The van der Waals surface area contributed by atoms with Gasteiger partial charge in [-0.05, 0) is 37.1 Å². The Morgan fingerprint density at radius 1 is 1.21 bits per heavy atom. The first-order chi connectivity index (χ1) is 9.29. The molecule has 19 heavy (non-hydrogen) atoms. The Kier molecular flexibility index (Phi) is 5.70. The highest BCUT2D eigenvalue weighted by Crippen LogP contribution is 2.18. The topological polar surface area (TPSA) is 38.3 Å². The molecule has 0 saturated heterocycles. The smallest absolute Gasteiger partial charge is 0.251 e. The third-order valence-corrected chi connectivity index (χ3v) is 3.73. The van der Waals surface area contributed by atoms with Crippen LogP contribution in [-0.4, -0.2) is 23.9 Å². The normalized spacial score (nSPS) is 16.1. The number of carbonyl (C=O) groups excluding carboxylic acids is 1. The largest absolute Gasteiger partial charge is 0.493 e. The summed E-state index contributed by atoms with van der Waals surface area (Å²) in [4.78, 5) is 12.1. The van der Waals surface area contributed by atoms with Gasteiger partial charge in [0, 0.05) is 16.9 Å². The van der Waals surface area contributed by atoms with Crippen molar-refractivity contribution in [2.45, 2.75) is 38.1 Å². The maximum absolute atomic E-state index is 12.1. The second-order valence-corrected chi connectivity index (χ2v) is 5.66. The lowest BCUT2D eigenvalue weighted by atomic mass is 9.95. The summed E-state index contributed by atoms with van der Waals surface area (Å²) in [5.41, 5.74) is 0.705. The molecule has 0 aromatic heterocycles. The maximum Gasteiger partial charge on any atom is 0.251 e. The van der Waals surface area contributed by atoms with E-state index in [4.69, 9.17) is 4.74 Å². The molecule has 1 aliphatic carbocycles. The fraction of sp³-hybridized carbons (Fsp3) is 0.533. The second kappa shape index (κ2) is 7.53. The van der Waals surface area contributed by atoms with Gasteiger partial charge in [0.25, 0.3) is 5.91 Å². The first-order valence-corrected chi connectivity index (χ1v) is 8.01. The zero-order valence-electron chi connectivity index (χ0n) is 11.0. The first kappa shape index (κ1) is 14.4. The quantitative estimate of drug-likeness (QED) is 0.841. The van der Waals surface area contributed by atoms with Gasteiger partial charge in [-0.1, -0.05) is 35.2 Å². The van der Waals surface area contributed by atoms with Crippen LogP contribution in [0.15, 0.2) is 24.3 Å². The Morgan fingerprint density at radius 2 is 1.89 bits per heavy atom. The van der Waals surface area contributed by atoms with Crippen LogP contribution in [0, 0.1) is 0 Å². The average molecular weight is 326 g/mol. The summed E-state index contributed by atoms with van der Waals surface area (Å²) in [6.07, 6.45) is 5.97. The van der Waals surface area contributed by atoms with Gasteiger partial charge >= 0.3 is 0 Å². The Bertz CT molecular complexity index is 399. The summed E-state index contributed by atoms with van der Waals surface area (Å²) < 4.78 is 5.46. The molecule has 0 heterocycles. The minimum Gasteiger partial charge on any atom is -0.493 e. The molecule has 1 aromatic carbocycles. The van der Waals surface area contributed by atoms with E-state index in [1.807, 2.05) is 24.3 Å². The summed E-state index contributed by atoms with van der Waals surface area (Å²) in [6, 6.07) is 7.69. The number of halogens is 1. The van der Waals surface area contributed by atoms with Gasteiger partial charge in [-0.3, -0.25) is 4.79 Å². The zero-order valence-corrected chi connectivity index (χ0v) is 12.6. The summed E-state index contributed by atoms with van der Waals surface area (Å²) in [5.74, 6) is 0.826. The molecule has 0 radical (unpaired) electrons. The van der Waals surface area contributed by atoms with Crippen molar-refractivity contribution in [3.05, 3.63) is 29.8 Å². The van der Waals surface area contributed by atoms with Gasteiger partial charge in [-0.15, -0.1) is 0 Å². The van der Waals surface area contributed by atoms with Crippen molar-refractivity contribution in [3.8, 4) is 5.75 Å². The van der Waals surface area contributed by atoms with Crippen molar-refractivity contribution in [2.24, 2.45) is 0 Å². The molecular formula is C15H20BrNO2. The van der Waals surface area contributed by atoms with E-state index < -0.39 is 0 Å². The van der Waals surface area contributed by atoms with E-state index in [0.717, 1.165) is 23.9 Å². The highest BCUT2D eigenvalue weighted by molar-refractivity contribution is 9.09. The number of ether oxygens (including phenoxy) is 1. The standard InChI is InChI=1S/C15H20BrNO2/c16-10-11-19-14-8-6-12(7-9-14)15(18)17-13-4-2-1-3-5-13/h6-9,13H,1-5,10-11H2,(H,17,18). The molecule has 0 unspecified atom stereocenters. The number of rotatable bonds is 5. The van der Waals surface area contributed by atoms with Gasteiger partial charge in [0.2, 0.25) is 0 Å². The van der Waals surface area contributed by atoms with Crippen LogP contribution in [0.25, 0.3) is 0 Å². The summed E-state index contributed by atoms with van der Waals surface area (Å²) in [7, 11) is 0. The van der Waals surface area contributed by atoms with Crippen LogP contribution < -0.4 is 10.1 Å². The highest BCUT2D eigenvalue weighted by atomic mass is 79.9. The molecule has 1 amide bonds. The molecule has 1 fully saturated rings. The van der Waals surface area contributed by atoms with Crippen LogP contribution in [0.4, 0.5) is 0 Å². The molecule has 3 nitrogen and oxygen atoms in total. The molecule has 4 heteroatoms. The highest BCUT2D eigenvalue weighted by Gasteiger charge is 2.16. The predicted octanol–water partition coefficient (Wildman–Crippen LogP) is 3.52. The van der Waals surface area contributed by atoms with E-state index in [1.54, 1.807) is 0 Å². The fourth-order valence-corrected chi connectivity index (χ4v) is 2.54. The number of benzene rings is 1. The second-order valence-electron chi connectivity index (χ2n) is 4.87. The van der Waals surface area contributed by atoms with Crippen LogP contribution in [0.5, 0.6) is 5.75 Å². The molecule has 104 valence electrons. The van der Waals surface area contributed by atoms with Crippen LogP contribution in [0.1, 0.15) is 42.5 Å². The fourth-order valence-electron chi connectivity index (χ4n) is 2.37. The Balaban J connectivity index is 1.87. The van der Waals surface area contributed by atoms with Gasteiger partial charge in [0.05, 0.1) is 6.61 Å². The number of alkyl halides is 1. The first-order valence-electron chi connectivity index (χ1n) is 6.89. The van der Waals surface area contributed by atoms with Crippen molar-refractivity contribution in [1.29, 1.82) is 0 Å². The minimum atomic E-state index is 0.0268. The number of hydrogen-bond donors (Lipinski definition) is 1. The molecule has 0 bridgehead atoms. The van der Waals surface area contributed by atoms with E-state index in [1.165, 1.54) is 19.3 Å². The van der Waals surface area contributed by atoms with E-state index in [-0.39, 0.29) is 5.91 Å². The van der Waals surface area contributed by atoms with Crippen molar-refractivity contribution in [2.75, 3.05) is 11.9 Å². The number of nitrogens with one attached hydrogen (secondary N) is 1. The molecule has 2 rings (SSSR count). The molecule has 1 saturated carbocycles.